The Kier molecular flexibility index (Phi) is 11.0. The quantitative estimate of drug-likeness (QED) is 0.161. The van der Waals surface area contributed by atoms with E-state index in [1.807, 2.05) is 12.1 Å². The minimum Gasteiger partial charge on any atom is -0.399 e. The monoisotopic (exact) mass is 1250 g/mol. The van der Waals surface area contributed by atoms with Crippen LogP contribution in [0.4, 0.5) is 0 Å². The maximum Gasteiger partial charge on any atom is 0.494 e. The van der Waals surface area contributed by atoms with Crippen LogP contribution in [0, 0.1) is 58.2 Å². The molecule has 0 aromatic heterocycles. The second kappa shape index (κ2) is 17.7. The Labute approximate surface area is 540 Å². The van der Waals surface area contributed by atoms with Gasteiger partial charge in [-0.15, -0.1) is 0 Å². The molecule has 0 amide bonds. The average Bonchev–Trinajstić information content (AvgIpc) is 1.46. The van der Waals surface area contributed by atoms with Gasteiger partial charge in [-0.2, -0.15) is 0 Å². The molecule has 442 valence electrons. The summed E-state index contributed by atoms with van der Waals surface area (Å²) in [7, 11) is -0.292. The number of hydrogen-bond acceptors (Lipinski definition) is 2. The molecule has 8 atom stereocenters. The lowest BCUT2D eigenvalue weighted by molar-refractivity contribution is -0.0820. The summed E-state index contributed by atoms with van der Waals surface area (Å²) in [5.74, 6) is 7.36. The van der Waals surface area contributed by atoms with Crippen molar-refractivity contribution in [1.29, 1.82) is 0 Å². The van der Waals surface area contributed by atoms with Gasteiger partial charge in [-0.05, 0) is 304 Å². The average molecular weight is 1260 g/mol. The maximum atomic E-state index is 6.43. The molecule has 1 aliphatic heterocycles. The first-order chi connectivity index (χ1) is 42.2. The highest BCUT2D eigenvalue weighted by molar-refractivity contribution is 9.10. The molecule has 21 rings (SSSR count). The summed E-state index contributed by atoms with van der Waals surface area (Å²) < 4.78 is 14.0. The molecule has 8 aromatic carbocycles. The van der Waals surface area contributed by atoms with Crippen molar-refractivity contribution in [1.82, 2.24) is 0 Å². The fourth-order valence-corrected chi connectivity index (χ4v) is 24.9. The zero-order chi connectivity index (χ0) is 59.8. The lowest BCUT2D eigenvalue weighted by Crippen LogP contribution is -2.62. The van der Waals surface area contributed by atoms with Crippen LogP contribution in [0.1, 0.15) is 164 Å². The Morgan fingerprint density at radius 2 is 0.739 bits per heavy atom. The SMILES string of the molecule is CC1(C)OB(c2ccc3c(c2)-c2ccccc2C32C3CC4CC5CC2C3(C4)C5)OC1(C)C.CC1(C)c2cc(Cl)ccc2-c2ccc(-c3ccc4c(c3)-c3ccccc3C43C4CC5CC6CC3C4(C5)C6)cc21.CC1(C)c2cc(Cl)ccc2-c2ccc(Br)cc21. The molecule has 6 bridgehead atoms. The van der Waals surface area contributed by atoms with Crippen LogP contribution >= 0.6 is 39.1 Å². The third-order valence-corrected chi connectivity index (χ3v) is 28.6. The van der Waals surface area contributed by atoms with Gasteiger partial charge in [0.1, 0.15) is 0 Å². The zero-order valence-electron chi connectivity index (χ0n) is 52.2. The topological polar surface area (TPSA) is 18.5 Å². The largest absolute Gasteiger partial charge is 0.494 e. The summed E-state index contributed by atoms with van der Waals surface area (Å²) in [4.78, 5) is 0. The van der Waals surface area contributed by atoms with Gasteiger partial charge < -0.3 is 9.31 Å². The minimum atomic E-state index is -0.307. The summed E-state index contributed by atoms with van der Waals surface area (Å²) >= 11 is 16.1. The van der Waals surface area contributed by atoms with E-state index in [1.54, 1.807) is 22.3 Å². The Balaban J connectivity index is 0.000000103. The van der Waals surface area contributed by atoms with Crippen LogP contribution in [0.3, 0.4) is 0 Å². The highest BCUT2D eigenvalue weighted by Gasteiger charge is 2.81. The maximum absolute atomic E-state index is 6.43. The molecule has 8 unspecified atom stereocenters. The van der Waals surface area contributed by atoms with E-state index < -0.39 is 0 Å². The normalized spacial score (nSPS) is 33.8. The highest BCUT2D eigenvalue weighted by Crippen LogP contribution is 2.87. The summed E-state index contributed by atoms with van der Waals surface area (Å²) in [5, 5.41) is 1.63. The van der Waals surface area contributed by atoms with Gasteiger partial charge in [-0.3, -0.25) is 0 Å². The Morgan fingerprint density at radius 3 is 1.24 bits per heavy atom. The Bertz CT molecular complexity index is 4300. The van der Waals surface area contributed by atoms with Crippen LogP contribution in [-0.2, 0) is 31.0 Å². The molecule has 0 N–H and O–H groups in total. The van der Waals surface area contributed by atoms with E-state index in [-0.39, 0.29) is 40.0 Å². The fraction of sp³-hybridized carbons (Fsp3) is 0.415. The molecule has 2 nitrogen and oxygen atoms in total. The smallest absolute Gasteiger partial charge is 0.399 e. The second-order valence-electron chi connectivity index (χ2n) is 32.4. The van der Waals surface area contributed by atoms with Gasteiger partial charge in [0.2, 0.25) is 0 Å². The van der Waals surface area contributed by atoms with Crippen molar-refractivity contribution in [2.45, 2.75) is 152 Å². The predicted molar refractivity (Wildman–Crippen MR) is 365 cm³/mol. The first-order valence-electron chi connectivity index (χ1n) is 33.6. The van der Waals surface area contributed by atoms with E-state index in [9.17, 15) is 0 Å². The molecule has 8 aromatic rings. The van der Waals surface area contributed by atoms with Gasteiger partial charge >= 0.3 is 7.12 Å². The van der Waals surface area contributed by atoms with E-state index in [2.05, 4.69) is 217 Å². The minimum absolute atomic E-state index is 0.0271. The van der Waals surface area contributed by atoms with Gasteiger partial charge in [0.15, 0.2) is 0 Å². The van der Waals surface area contributed by atoms with Crippen molar-refractivity contribution < 1.29 is 9.31 Å². The van der Waals surface area contributed by atoms with Gasteiger partial charge in [0.25, 0.3) is 0 Å². The van der Waals surface area contributed by atoms with Crippen LogP contribution < -0.4 is 5.46 Å². The van der Waals surface area contributed by atoms with Crippen molar-refractivity contribution >= 4 is 51.7 Å². The van der Waals surface area contributed by atoms with Crippen LogP contribution in [0.2, 0.25) is 10.0 Å². The molecule has 88 heavy (non-hydrogen) atoms. The Hall–Kier alpha value is -5.20. The van der Waals surface area contributed by atoms with Gasteiger partial charge in [-0.1, -0.05) is 176 Å². The van der Waals surface area contributed by atoms with E-state index in [0.29, 0.717) is 10.8 Å². The molecular weight excluding hydrogens is 1180 g/mol. The van der Waals surface area contributed by atoms with E-state index in [1.165, 1.54) is 148 Å². The summed E-state index contributed by atoms with van der Waals surface area (Å²) in [6.07, 6.45) is 15.0. The third-order valence-electron chi connectivity index (χ3n) is 27.6. The van der Waals surface area contributed by atoms with Crippen molar-refractivity contribution in [3.05, 3.63) is 217 Å². The van der Waals surface area contributed by atoms with Crippen molar-refractivity contribution in [3.63, 3.8) is 0 Å². The number of rotatable bonds is 2. The van der Waals surface area contributed by atoms with Crippen LogP contribution in [0.15, 0.2) is 162 Å². The lowest BCUT2D eigenvalue weighted by atomic mass is 9.38. The summed E-state index contributed by atoms with van der Waals surface area (Å²) in [6, 6.07) is 59.8. The summed E-state index contributed by atoms with van der Waals surface area (Å²) in [6.45, 7) is 17.8. The molecule has 8 saturated carbocycles. The van der Waals surface area contributed by atoms with Crippen molar-refractivity contribution in [2.24, 2.45) is 58.2 Å². The summed E-state index contributed by atoms with van der Waals surface area (Å²) in [5.41, 5.74) is 28.3. The van der Waals surface area contributed by atoms with Crippen molar-refractivity contribution in [2.75, 3.05) is 0 Å². The number of benzene rings is 8. The number of fused-ring (bicyclic) bond motifs is 24. The molecule has 13 aliphatic rings. The number of halogens is 3. The highest BCUT2D eigenvalue weighted by atomic mass is 79.9. The van der Waals surface area contributed by atoms with Crippen LogP contribution in [0.5, 0.6) is 0 Å². The predicted octanol–water partition coefficient (Wildman–Crippen LogP) is 21.2. The zero-order valence-corrected chi connectivity index (χ0v) is 55.3. The van der Waals surface area contributed by atoms with Crippen molar-refractivity contribution in [3.8, 4) is 55.6 Å². The third kappa shape index (κ3) is 6.67. The van der Waals surface area contributed by atoms with Gasteiger partial charge in [0, 0.05) is 36.2 Å². The Morgan fingerprint density at radius 1 is 0.364 bits per heavy atom. The van der Waals surface area contributed by atoms with E-state index in [4.69, 9.17) is 32.5 Å². The van der Waals surface area contributed by atoms with E-state index in [0.717, 1.165) is 61.9 Å². The molecule has 12 aliphatic carbocycles. The second-order valence-corrected chi connectivity index (χ2v) is 34.2. The molecule has 0 radical (unpaired) electrons. The van der Waals surface area contributed by atoms with E-state index >= 15 is 0 Å². The number of hydrogen-bond donors (Lipinski definition) is 0. The molecular formula is C82H78BBrCl2O2. The molecule has 4 spiro atoms. The first-order valence-corrected chi connectivity index (χ1v) is 35.1. The van der Waals surface area contributed by atoms with Gasteiger partial charge in [0.05, 0.1) is 11.2 Å². The lowest BCUT2D eigenvalue weighted by Gasteiger charge is -2.64. The van der Waals surface area contributed by atoms with Crippen LogP contribution in [-0.4, -0.2) is 18.3 Å². The molecule has 1 saturated heterocycles. The standard InChI is InChI=1S/C38H33Cl.C29H33BO2.C15H12BrCl/c1-36(2)32-17-24(7-10-27(32)28-11-9-25(39)18-33(28)36)23-8-12-31-29(16-23)26-5-3-4-6-30(26)38(31)34-14-21-13-22-15-35(38)37(34,19-21)20-22;1-26(2)27(3,4)32-30(31-26)19-9-10-23-21(14-19)20-7-5-6-8-22(20)29(23)24-12-17-11-18-13-25(29)28(24,15-17)16-18;1-15(2)13-7-9(16)3-5-11(13)12-6-4-10(17)8-14(12)15/h3-12,16-18,21-22,34-35H,13-15,19-20H2,1-2H3;5-10,14,17-18,24-25H,11-13,15-16H2,1-4H3;3-8H,1-2H3. The first kappa shape index (κ1) is 54.5. The molecule has 6 heteroatoms. The fourth-order valence-electron chi connectivity index (χ4n) is 24.2. The molecule has 9 fully saturated rings. The van der Waals surface area contributed by atoms with Gasteiger partial charge in [-0.25, -0.2) is 0 Å². The van der Waals surface area contributed by atoms with Crippen LogP contribution in [0.25, 0.3) is 55.6 Å². The molecule has 1 heterocycles.